The van der Waals surface area contributed by atoms with Gasteiger partial charge in [-0.1, -0.05) is 30.3 Å². The zero-order chi connectivity index (χ0) is 14.8. The van der Waals surface area contributed by atoms with Gasteiger partial charge in [0.05, 0.1) is 11.8 Å². The van der Waals surface area contributed by atoms with Crippen LogP contribution in [0.15, 0.2) is 40.3 Å². The highest BCUT2D eigenvalue weighted by atomic mass is 79.9. The highest BCUT2D eigenvalue weighted by Gasteiger charge is 2.18. The number of nitrogens with zero attached hydrogens (tertiary/aromatic N) is 1. The standard InChI is InChI=1S/C15H11BrFNO2S/c1-19-11-7-10(20-8-9-5-3-2-4-6-9)12(17)14-13(11)18-15(16)21-14/h2-7H,8H2,1H3. The lowest BCUT2D eigenvalue weighted by atomic mass is 10.2. The number of rotatable bonds is 4. The van der Waals surface area contributed by atoms with E-state index < -0.39 is 5.82 Å². The van der Waals surface area contributed by atoms with Crippen LogP contribution in [0.2, 0.25) is 0 Å². The molecule has 21 heavy (non-hydrogen) atoms. The molecular formula is C15H11BrFNO2S. The second-order valence-corrected chi connectivity index (χ2v) is 6.58. The minimum absolute atomic E-state index is 0.166. The first-order chi connectivity index (χ1) is 10.2. The van der Waals surface area contributed by atoms with Crippen molar-refractivity contribution in [2.75, 3.05) is 7.11 Å². The molecule has 0 aliphatic carbocycles. The first-order valence-corrected chi connectivity index (χ1v) is 7.79. The summed E-state index contributed by atoms with van der Waals surface area (Å²) in [7, 11) is 1.53. The van der Waals surface area contributed by atoms with Crippen LogP contribution in [-0.4, -0.2) is 12.1 Å². The summed E-state index contributed by atoms with van der Waals surface area (Å²) in [6.07, 6.45) is 0. The molecule has 3 nitrogen and oxygen atoms in total. The van der Waals surface area contributed by atoms with Gasteiger partial charge in [0.1, 0.15) is 17.9 Å². The van der Waals surface area contributed by atoms with E-state index in [0.29, 0.717) is 26.5 Å². The van der Waals surface area contributed by atoms with Crippen molar-refractivity contribution in [1.29, 1.82) is 0 Å². The second kappa shape index (κ2) is 5.99. The van der Waals surface area contributed by atoms with Crippen molar-refractivity contribution in [1.82, 2.24) is 4.98 Å². The Morgan fingerprint density at radius 3 is 2.71 bits per heavy atom. The number of halogens is 2. The van der Waals surface area contributed by atoms with E-state index in [1.165, 1.54) is 24.5 Å². The number of fused-ring (bicyclic) bond motifs is 1. The van der Waals surface area contributed by atoms with E-state index in [2.05, 4.69) is 20.9 Å². The van der Waals surface area contributed by atoms with Crippen LogP contribution in [0.5, 0.6) is 11.5 Å². The van der Waals surface area contributed by atoms with Crippen LogP contribution in [-0.2, 0) is 6.61 Å². The minimum atomic E-state index is -0.412. The van der Waals surface area contributed by atoms with Crippen LogP contribution in [0.25, 0.3) is 10.2 Å². The number of hydrogen-bond donors (Lipinski definition) is 0. The first-order valence-electron chi connectivity index (χ1n) is 6.18. The summed E-state index contributed by atoms with van der Waals surface area (Å²) < 4.78 is 26.4. The van der Waals surface area contributed by atoms with Gasteiger partial charge in [0, 0.05) is 6.07 Å². The van der Waals surface area contributed by atoms with Gasteiger partial charge in [0.2, 0.25) is 0 Å². The maximum absolute atomic E-state index is 14.5. The second-order valence-electron chi connectivity index (χ2n) is 4.31. The molecule has 0 N–H and O–H groups in total. The maximum Gasteiger partial charge on any atom is 0.184 e. The van der Waals surface area contributed by atoms with E-state index in [4.69, 9.17) is 9.47 Å². The summed E-state index contributed by atoms with van der Waals surface area (Å²) in [6.45, 7) is 0.298. The van der Waals surface area contributed by atoms with Crippen LogP contribution in [0, 0.1) is 5.82 Å². The number of benzene rings is 2. The molecule has 0 aliphatic heterocycles. The maximum atomic E-state index is 14.5. The summed E-state index contributed by atoms with van der Waals surface area (Å²) in [6, 6.07) is 11.1. The first kappa shape index (κ1) is 14.3. The molecule has 0 radical (unpaired) electrons. The normalized spacial score (nSPS) is 10.8. The molecule has 2 aromatic carbocycles. The van der Waals surface area contributed by atoms with Crippen molar-refractivity contribution in [3.63, 3.8) is 0 Å². The van der Waals surface area contributed by atoms with Crippen molar-refractivity contribution in [2.45, 2.75) is 6.61 Å². The van der Waals surface area contributed by atoms with Crippen LogP contribution < -0.4 is 9.47 Å². The number of aromatic nitrogens is 1. The molecule has 0 atom stereocenters. The van der Waals surface area contributed by atoms with Crippen molar-refractivity contribution in [2.24, 2.45) is 0 Å². The molecule has 3 rings (SSSR count). The van der Waals surface area contributed by atoms with Gasteiger partial charge in [0.15, 0.2) is 15.5 Å². The number of thiazole rings is 1. The van der Waals surface area contributed by atoms with Gasteiger partial charge in [-0.3, -0.25) is 0 Å². The van der Waals surface area contributed by atoms with Crippen LogP contribution in [0.1, 0.15) is 5.56 Å². The van der Waals surface area contributed by atoms with Gasteiger partial charge < -0.3 is 9.47 Å². The lowest BCUT2D eigenvalue weighted by Gasteiger charge is -2.10. The Balaban J connectivity index is 1.96. The topological polar surface area (TPSA) is 31.4 Å². The van der Waals surface area contributed by atoms with Crippen molar-refractivity contribution in [3.8, 4) is 11.5 Å². The van der Waals surface area contributed by atoms with Crippen LogP contribution >= 0.6 is 27.3 Å². The van der Waals surface area contributed by atoms with Crippen LogP contribution in [0.3, 0.4) is 0 Å². The molecule has 1 aromatic heterocycles. The Kier molecular flexibility index (Phi) is 4.07. The van der Waals surface area contributed by atoms with E-state index in [0.717, 1.165) is 5.56 Å². The Morgan fingerprint density at radius 1 is 1.24 bits per heavy atom. The molecule has 108 valence electrons. The molecule has 0 unspecified atom stereocenters. The molecule has 0 bridgehead atoms. The Bertz CT molecular complexity index is 776. The van der Waals surface area contributed by atoms with Gasteiger partial charge in [-0.05, 0) is 21.5 Å². The largest absolute Gasteiger partial charge is 0.494 e. The van der Waals surface area contributed by atoms with Crippen LogP contribution in [0.4, 0.5) is 4.39 Å². The molecule has 0 fully saturated rings. The highest BCUT2D eigenvalue weighted by Crippen LogP contribution is 2.39. The van der Waals surface area contributed by atoms with Gasteiger partial charge in [-0.25, -0.2) is 9.37 Å². The molecule has 0 saturated carbocycles. The lowest BCUT2D eigenvalue weighted by molar-refractivity contribution is 0.289. The number of methoxy groups -OCH3 is 1. The zero-order valence-electron chi connectivity index (χ0n) is 11.1. The highest BCUT2D eigenvalue weighted by molar-refractivity contribution is 9.11. The SMILES string of the molecule is COc1cc(OCc2ccccc2)c(F)c2sc(Br)nc12. The third-order valence-electron chi connectivity index (χ3n) is 2.97. The zero-order valence-corrected chi connectivity index (χ0v) is 13.5. The Hall–Kier alpha value is -1.66. The van der Waals surface area contributed by atoms with Gasteiger partial charge >= 0.3 is 0 Å². The van der Waals surface area contributed by atoms with E-state index in [1.54, 1.807) is 0 Å². The average molecular weight is 368 g/mol. The lowest BCUT2D eigenvalue weighted by Crippen LogP contribution is -1.98. The fourth-order valence-corrected chi connectivity index (χ4v) is 3.37. The molecule has 6 heteroatoms. The molecular weight excluding hydrogens is 357 g/mol. The van der Waals surface area contributed by atoms with Gasteiger partial charge in [-0.15, -0.1) is 11.3 Å². The fraction of sp³-hybridized carbons (Fsp3) is 0.133. The molecule has 3 aromatic rings. The average Bonchev–Trinajstić information content (AvgIpc) is 2.90. The summed E-state index contributed by atoms with van der Waals surface area (Å²) in [5.74, 6) is 0.251. The van der Waals surface area contributed by atoms with Crippen molar-refractivity contribution < 1.29 is 13.9 Å². The van der Waals surface area contributed by atoms with Gasteiger partial charge in [-0.2, -0.15) is 0 Å². The third kappa shape index (κ3) is 2.87. The Morgan fingerprint density at radius 2 is 2.00 bits per heavy atom. The fourth-order valence-electron chi connectivity index (χ4n) is 1.97. The summed E-state index contributed by atoms with van der Waals surface area (Å²) in [5, 5.41) is 0. The molecule has 1 heterocycles. The monoisotopic (exact) mass is 367 g/mol. The minimum Gasteiger partial charge on any atom is -0.494 e. The summed E-state index contributed by atoms with van der Waals surface area (Å²) in [5.41, 5.74) is 1.47. The number of ether oxygens (including phenoxy) is 2. The molecule has 0 amide bonds. The quantitative estimate of drug-likeness (QED) is 0.664. The predicted octanol–water partition coefficient (Wildman–Crippen LogP) is 4.79. The van der Waals surface area contributed by atoms with E-state index in [-0.39, 0.29) is 5.75 Å². The van der Waals surface area contributed by atoms with Crippen molar-refractivity contribution >= 4 is 37.5 Å². The molecule has 0 aliphatic rings. The predicted molar refractivity (Wildman–Crippen MR) is 84.6 cm³/mol. The summed E-state index contributed by atoms with van der Waals surface area (Å²) >= 11 is 4.48. The third-order valence-corrected chi connectivity index (χ3v) is 4.47. The summed E-state index contributed by atoms with van der Waals surface area (Å²) in [4.78, 5) is 4.22. The van der Waals surface area contributed by atoms with Gasteiger partial charge in [0.25, 0.3) is 0 Å². The van der Waals surface area contributed by atoms with E-state index in [1.807, 2.05) is 30.3 Å². The van der Waals surface area contributed by atoms with Crippen molar-refractivity contribution in [3.05, 3.63) is 51.7 Å². The molecule has 0 saturated heterocycles. The number of hydrogen-bond acceptors (Lipinski definition) is 4. The van der Waals surface area contributed by atoms with E-state index in [9.17, 15) is 4.39 Å². The smallest absolute Gasteiger partial charge is 0.184 e. The molecule has 0 spiro atoms. The van der Waals surface area contributed by atoms with E-state index >= 15 is 0 Å². The Labute approximate surface area is 133 Å².